The maximum Gasteiger partial charge on any atom is 0.230 e. The Morgan fingerprint density at radius 1 is 1.38 bits per heavy atom. The summed E-state index contributed by atoms with van der Waals surface area (Å²) in [5.41, 5.74) is 5.34. The summed E-state index contributed by atoms with van der Waals surface area (Å²) >= 11 is 0. The van der Waals surface area contributed by atoms with E-state index in [-0.39, 0.29) is 5.91 Å². The fourth-order valence-electron chi connectivity index (χ4n) is 4.02. The Kier molecular flexibility index (Phi) is 5.80. The van der Waals surface area contributed by atoms with Crippen LogP contribution in [0.1, 0.15) is 38.5 Å². The van der Waals surface area contributed by atoms with Gasteiger partial charge in [0, 0.05) is 39.4 Å². The van der Waals surface area contributed by atoms with Crippen LogP contribution in [0, 0.1) is 5.41 Å². The van der Waals surface area contributed by atoms with E-state index in [0.717, 1.165) is 31.6 Å². The van der Waals surface area contributed by atoms with Crippen molar-refractivity contribution in [3.63, 3.8) is 0 Å². The van der Waals surface area contributed by atoms with Gasteiger partial charge in [0.05, 0.1) is 12.0 Å². The van der Waals surface area contributed by atoms with E-state index in [1.807, 2.05) is 0 Å². The molecule has 26 heavy (non-hydrogen) atoms. The summed E-state index contributed by atoms with van der Waals surface area (Å²) in [4.78, 5) is 23.8. The average Bonchev–Trinajstić information content (AvgIpc) is 3.08. The van der Waals surface area contributed by atoms with E-state index in [1.165, 1.54) is 19.3 Å². The first kappa shape index (κ1) is 18.7. The molecule has 1 saturated carbocycles. The highest BCUT2D eigenvalue weighted by atomic mass is 16.5. The predicted molar refractivity (Wildman–Crippen MR) is 102 cm³/mol. The zero-order chi connectivity index (χ0) is 18.6. The van der Waals surface area contributed by atoms with Crippen LogP contribution in [0.2, 0.25) is 0 Å². The molecule has 1 saturated heterocycles. The van der Waals surface area contributed by atoms with Crippen molar-refractivity contribution in [2.45, 2.75) is 44.6 Å². The van der Waals surface area contributed by atoms with Crippen LogP contribution in [0.4, 0.5) is 17.6 Å². The van der Waals surface area contributed by atoms with Crippen molar-refractivity contribution in [3.8, 4) is 0 Å². The summed E-state index contributed by atoms with van der Waals surface area (Å²) in [7, 11) is 3.41. The van der Waals surface area contributed by atoms with Crippen molar-refractivity contribution in [3.05, 3.63) is 6.07 Å². The van der Waals surface area contributed by atoms with Gasteiger partial charge < -0.3 is 26.0 Å². The Morgan fingerprint density at radius 2 is 2.15 bits per heavy atom. The molecule has 4 N–H and O–H groups in total. The van der Waals surface area contributed by atoms with Crippen molar-refractivity contribution in [2.24, 2.45) is 5.41 Å². The smallest absolute Gasteiger partial charge is 0.230 e. The number of nitrogens with zero attached hydrogens (tertiary/aromatic N) is 3. The molecule has 0 bridgehead atoms. The molecule has 1 aromatic rings. The summed E-state index contributed by atoms with van der Waals surface area (Å²) in [5, 5.41) is 6.20. The molecule has 1 aliphatic carbocycles. The molecule has 144 valence electrons. The van der Waals surface area contributed by atoms with Gasteiger partial charge in [-0.3, -0.25) is 4.79 Å². The first-order valence-corrected chi connectivity index (χ1v) is 9.43. The summed E-state index contributed by atoms with van der Waals surface area (Å²) < 4.78 is 5.43. The van der Waals surface area contributed by atoms with Gasteiger partial charge in [-0.15, -0.1) is 0 Å². The second kappa shape index (κ2) is 8.07. The lowest BCUT2D eigenvalue weighted by molar-refractivity contribution is -0.133. The number of hydrogen-bond donors (Lipinski definition) is 3. The third-order valence-electron chi connectivity index (χ3n) is 5.48. The number of rotatable bonds is 6. The van der Waals surface area contributed by atoms with Gasteiger partial charge in [0.25, 0.3) is 0 Å². The van der Waals surface area contributed by atoms with Crippen LogP contribution in [0.15, 0.2) is 6.07 Å². The summed E-state index contributed by atoms with van der Waals surface area (Å²) in [6, 6.07) is 2.05. The van der Waals surface area contributed by atoms with Crippen LogP contribution in [0.5, 0.6) is 0 Å². The SMILES string of the molecule is CNc1nc(N)cc(N2CC[C@@](COC)(C(=O)NC3CCCCC3)C2)n1. The maximum absolute atomic E-state index is 13.1. The highest BCUT2D eigenvalue weighted by molar-refractivity contribution is 5.84. The molecular formula is C18H30N6O2. The van der Waals surface area contributed by atoms with E-state index in [9.17, 15) is 4.79 Å². The van der Waals surface area contributed by atoms with Crippen LogP contribution in [0.3, 0.4) is 0 Å². The number of carbonyl (C=O) groups excluding carboxylic acids is 1. The lowest BCUT2D eigenvalue weighted by Crippen LogP contribution is -2.49. The highest BCUT2D eigenvalue weighted by Gasteiger charge is 2.45. The van der Waals surface area contributed by atoms with Crippen molar-refractivity contribution in [2.75, 3.05) is 49.8 Å². The lowest BCUT2D eigenvalue weighted by Gasteiger charge is -2.31. The van der Waals surface area contributed by atoms with Gasteiger partial charge in [0.2, 0.25) is 11.9 Å². The fourth-order valence-corrected chi connectivity index (χ4v) is 4.02. The zero-order valence-electron chi connectivity index (χ0n) is 15.8. The van der Waals surface area contributed by atoms with E-state index >= 15 is 0 Å². The summed E-state index contributed by atoms with van der Waals surface area (Å²) in [6.45, 7) is 1.71. The van der Waals surface area contributed by atoms with Crippen LogP contribution in [-0.4, -0.2) is 55.8 Å². The van der Waals surface area contributed by atoms with Crippen molar-refractivity contribution in [1.29, 1.82) is 0 Å². The minimum Gasteiger partial charge on any atom is -0.383 e. The first-order valence-electron chi connectivity index (χ1n) is 9.43. The number of carbonyl (C=O) groups is 1. The number of hydrogen-bond acceptors (Lipinski definition) is 7. The number of aromatic nitrogens is 2. The van der Waals surface area contributed by atoms with Gasteiger partial charge in [-0.25, -0.2) is 0 Å². The Balaban J connectivity index is 1.74. The topological polar surface area (TPSA) is 105 Å². The summed E-state index contributed by atoms with van der Waals surface area (Å²) in [5.74, 6) is 1.74. The first-order chi connectivity index (χ1) is 12.6. The van der Waals surface area contributed by atoms with E-state index < -0.39 is 5.41 Å². The molecule has 0 radical (unpaired) electrons. The Hall–Kier alpha value is -2.09. The van der Waals surface area contributed by atoms with Crippen LogP contribution in [-0.2, 0) is 9.53 Å². The number of anilines is 3. The molecule has 1 aliphatic heterocycles. The number of ether oxygens (including phenoxy) is 1. The number of nitrogen functional groups attached to an aromatic ring is 1. The second-order valence-electron chi connectivity index (χ2n) is 7.42. The predicted octanol–water partition coefficient (Wildman–Crippen LogP) is 1.39. The van der Waals surface area contributed by atoms with Gasteiger partial charge in [-0.05, 0) is 19.3 Å². The minimum atomic E-state index is -0.550. The van der Waals surface area contributed by atoms with Crippen LogP contribution in [0.25, 0.3) is 0 Å². The van der Waals surface area contributed by atoms with Crippen molar-refractivity contribution in [1.82, 2.24) is 15.3 Å². The molecule has 0 aromatic carbocycles. The van der Waals surface area contributed by atoms with E-state index in [1.54, 1.807) is 20.2 Å². The molecule has 1 amide bonds. The third-order valence-corrected chi connectivity index (χ3v) is 5.48. The van der Waals surface area contributed by atoms with Gasteiger partial charge in [-0.1, -0.05) is 19.3 Å². The lowest BCUT2D eigenvalue weighted by atomic mass is 9.85. The number of nitrogens with one attached hydrogen (secondary N) is 2. The molecule has 3 rings (SSSR count). The molecule has 0 spiro atoms. The Labute approximate surface area is 154 Å². The van der Waals surface area contributed by atoms with Crippen LogP contribution >= 0.6 is 0 Å². The molecule has 2 aliphatic rings. The standard InChI is InChI=1S/C18H30N6O2/c1-20-17-22-14(19)10-15(23-17)24-9-8-18(11-24,12-26-2)16(25)21-13-6-4-3-5-7-13/h10,13H,3-9,11-12H2,1-2H3,(H,21,25)(H3,19,20,22,23)/t18-/m1/s1. The largest absolute Gasteiger partial charge is 0.383 e. The van der Waals surface area contributed by atoms with E-state index in [4.69, 9.17) is 10.5 Å². The van der Waals surface area contributed by atoms with Gasteiger partial charge >= 0.3 is 0 Å². The number of amides is 1. The molecule has 8 nitrogen and oxygen atoms in total. The molecule has 0 unspecified atom stereocenters. The molecule has 1 aromatic heterocycles. The van der Waals surface area contributed by atoms with Gasteiger partial charge in [-0.2, -0.15) is 9.97 Å². The third kappa shape index (κ3) is 4.00. The van der Waals surface area contributed by atoms with E-state index in [0.29, 0.717) is 31.0 Å². The van der Waals surface area contributed by atoms with Crippen LogP contribution < -0.4 is 21.3 Å². The molecule has 8 heteroatoms. The van der Waals surface area contributed by atoms with E-state index in [2.05, 4.69) is 25.5 Å². The fraction of sp³-hybridized carbons (Fsp3) is 0.722. The Morgan fingerprint density at radius 3 is 2.85 bits per heavy atom. The highest BCUT2D eigenvalue weighted by Crippen LogP contribution is 2.35. The van der Waals surface area contributed by atoms with Gasteiger partial charge in [0.1, 0.15) is 11.6 Å². The number of nitrogens with two attached hydrogens (primary N) is 1. The van der Waals surface area contributed by atoms with Crippen molar-refractivity contribution >= 4 is 23.5 Å². The second-order valence-corrected chi connectivity index (χ2v) is 7.42. The zero-order valence-corrected chi connectivity index (χ0v) is 15.8. The molecule has 1 atom stereocenters. The summed E-state index contributed by atoms with van der Waals surface area (Å²) in [6.07, 6.45) is 6.55. The molecule has 2 fully saturated rings. The normalized spacial score (nSPS) is 23.8. The number of methoxy groups -OCH3 is 1. The minimum absolute atomic E-state index is 0.101. The van der Waals surface area contributed by atoms with Crippen molar-refractivity contribution < 1.29 is 9.53 Å². The average molecular weight is 362 g/mol. The monoisotopic (exact) mass is 362 g/mol. The van der Waals surface area contributed by atoms with Gasteiger partial charge in [0.15, 0.2) is 0 Å². The molecular weight excluding hydrogens is 332 g/mol. The quantitative estimate of drug-likeness (QED) is 0.702. The maximum atomic E-state index is 13.1. The Bertz CT molecular complexity index is 634. The molecule has 2 heterocycles.